The van der Waals surface area contributed by atoms with Gasteiger partial charge in [0.05, 0.1) is 11.9 Å². The van der Waals surface area contributed by atoms with Gasteiger partial charge in [0, 0.05) is 13.0 Å². The smallest absolute Gasteiger partial charge is 0.161 e. The number of aromatic nitrogens is 1. The fraction of sp³-hybridized carbons (Fsp3) is 0.417. The summed E-state index contributed by atoms with van der Waals surface area (Å²) in [5, 5.41) is 9.70. The van der Waals surface area contributed by atoms with Gasteiger partial charge in [-0.2, -0.15) is 0 Å². The molecule has 0 aliphatic heterocycles. The maximum absolute atomic E-state index is 13.1. The van der Waals surface area contributed by atoms with E-state index in [1.54, 1.807) is 0 Å². The number of hydrogen-bond donors (Lipinski definition) is 1. The van der Waals surface area contributed by atoms with Crippen LogP contribution in [0, 0.1) is 5.82 Å². The summed E-state index contributed by atoms with van der Waals surface area (Å²) in [7, 11) is 1.43. The molecule has 86 valence electrons. The van der Waals surface area contributed by atoms with Gasteiger partial charge in [-0.15, -0.1) is 0 Å². The SMILES string of the molecule is C=C1CCC(C(O)OC)c2cc(F)cnc21. The van der Waals surface area contributed by atoms with E-state index in [1.165, 1.54) is 19.4 Å². The van der Waals surface area contributed by atoms with Crippen LogP contribution in [0.2, 0.25) is 0 Å². The molecule has 0 radical (unpaired) electrons. The minimum atomic E-state index is -0.921. The van der Waals surface area contributed by atoms with Crippen LogP contribution in [0.1, 0.15) is 30.0 Å². The lowest BCUT2D eigenvalue weighted by Crippen LogP contribution is -2.24. The van der Waals surface area contributed by atoms with Crippen molar-refractivity contribution in [3.63, 3.8) is 0 Å². The Hall–Kier alpha value is -1.26. The van der Waals surface area contributed by atoms with Crippen molar-refractivity contribution >= 4 is 5.57 Å². The second kappa shape index (κ2) is 4.31. The lowest BCUT2D eigenvalue weighted by atomic mass is 9.83. The summed E-state index contributed by atoms with van der Waals surface area (Å²) in [5.41, 5.74) is 2.26. The first-order chi connectivity index (χ1) is 7.63. The Bertz CT molecular complexity index is 419. The van der Waals surface area contributed by atoms with E-state index in [9.17, 15) is 9.50 Å². The molecule has 0 saturated heterocycles. The lowest BCUT2D eigenvalue weighted by Gasteiger charge is -2.28. The van der Waals surface area contributed by atoms with Crippen LogP contribution in [0.25, 0.3) is 5.57 Å². The largest absolute Gasteiger partial charge is 0.367 e. The summed E-state index contributed by atoms with van der Waals surface area (Å²) in [6.45, 7) is 3.90. The average Bonchev–Trinajstić information content (AvgIpc) is 2.28. The highest BCUT2D eigenvalue weighted by Crippen LogP contribution is 2.38. The summed E-state index contributed by atoms with van der Waals surface area (Å²) in [6.07, 6.45) is 1.70. The van der Waals surface area contributed by atoms with E-state index in [-0.39, 0.29) is 5.92 Å². The van der Waals surface area contributed by atoms with Crippen molar-refractivity contribution in [2.24, 2.45) is 0 Å². The second-order valence-corrected chi connectivity index (χ2v) is 3.97. The molecule has 0 saturated carbocycles. The third-order valence-corrected chi connectivity index (χ3v) is 2.96. The number of methoxy groups -OCH3 is 1. The van der Waals surface area contributed by atoms with Gasteiger partial charge < -0.3 is 9.84 Å². The van der Waals surface area contributed by atoms with Gasteiger partial charge in [-0.05, 0) is 30.0 Å². The van der Waals surface area contributed by atoms with Crippen molar-refractivity contribution < 1.29 is 14.2 Å². The molecule has 1 aliphatic carbocycles. The van der Waals surface area contributed by atoms with Crippen LogP contribution >= 0.6 is 0 Å². The normalized spacial score (nSPS) is 21.7. The van der Waals surface area contributed by atoms with Gasteiger partial charge in [0.2, 0.25) is 0 Å². The third-order valence-electron chi connectivity index (χ3n) is 2.96. The number of pyridine rings is 1. The predicted octanol–water partition coefficient (Wildman–Crippen LogP) is 2.08. The number of rotatable bonds is 2. The highest BCUT2D eigenvalue weighted by Gasteiger charge is 2.29. The van der Waals surface area contributed by atoms with Crippen molar-refractivity contribution in [1.82, 2.24) is 4.98 Å². The number of aliphatic hydroxyl groups is 1. The molecule has 1 N–H and O–H groups in total. The highest BCUT2D eigenvalue weighted by molar-refractivity contribution is 5.65. The molecule has 0 spiro atoms. The standard InChI is InChI=1S/C12H14FNO2/c1-7-3-4-9(12(15)16-2)10-5-8(13)6-14-11(7)10/h5-6,9,12,15H,1,3-4H2,2H3. The van der Waals surface area contributed by atoms with E-state index in [0.29, 0.717) is 17.7 Å². The molecule has 1 aliphatic rings. The van der Waals surface area contributed by atoms with E-state index < -0.39 is 12.1 Å². The second-order valence-electron chi connectivity index (χ2n) is 3.97. The number of ether oxygens (including phenoxy) is 1. The molecular weight excluding hydrogens is 209 g/mol. The summed E-state index contributed by atoms with van der Waals surface area (Å²) in [5.74, 6) is -0.629. The third kappa shape index (κ3) is 1.86. The van der Waals surface area contributed by atoms with E-state index in [0.717, 1.165) is 12.0 Å². The Morgan fingerprint density at radius 3 is 3.12 bits per heavy atom. The zero-order valence-electron chi connectivity index (χ0n) is 9.11. The lowest BCUT2D eigenvalue weighted by molar-refractivity contribution is -0.0933. The van der Waals surface area contributed by atoms with Crippen molar-refractivity contribution in [3.05, 3.63) is 35.9 Å². The quantitative estimate of drug-likeness (QED) is 0.780. The fourth-order valence-electron chi connectivity index (χ4n) is 2.10. The number of aliphatic hydroxyl groups excluding tert-OH is 1. The monoisotopic (exact) mass is 223 g/mol. The predicted molar refractivity (Wildman–Crippen MR) is 58.2 cm³/mol. The fourth-order valence-corrected chi connectivity index (χ4v) is 2.10. The number of fused-ring (bicyclic) bond motifs is 1. The molecule has 2 unspecified atom stereocenters. The van der Waals surface area contributed by atoms with E-state index in [2.05, 4.69) is 11.6 Å². The summed E-state index contributed by atoms with van der Waals surface area (Å²) < 4.78 is 18.0. The minimum absolute atomic E-state index is 0.228. The van der Waals surface area contributed by atoms with Gasteiger partial charge >= 0.3 is 0 Å². The van der Waals surface area contributed by atoms with Crippen LogP contribution in [0.5, 0.6) is 0 Å². The maximum atomic E-state index is 13.1. The van der Waals surface area contributed by atoms with Gasteiger partial charge in [0.15, 0.2) is 6.29 Å². The molecule has 16 heavy (non-hydrogen) atoms. The van der Waals surface area contributed by atoms with Crippen LogP contribution in [0.15, 0.2) is 18.8 Å². The summed E-state index contributed by atoms with van der Waals surface area (Å²) in [4.78, 5) is 4.03. The molecule has 0 aromatic carbocycles. The average molecular weight is 223 g/mol. The number of allylic oxidation sites excluding steroid dienone is 1. The minimum Gasteiger partial charge on any atom is -0.367 e. The molecule has 2 atom stereocenters. The van der Waals surface area contributed by atoms with E-state index in [1.807, 2.05) is 0 Å². The van der Waals surface area contributed by atoms with Crippen molar-refractivity contribution in [3.8, 4) is 0 Å². The van der Waals surface area contributed by atoms with Crippen LogP contribution in [0.3, 0.4) is 0 Å². The summed E-state index contributed by atoms with van der Waals surface area (Å²) in [6, 6.07) is 1.40. The van der Waals surface area contributed by atoms with Crippen LogP contribution < -0.4 is 0 Å². The highest BCUT2D eigenvalue weighted by atomic mass is 19.1. The number of nitrogens with zero attached hydrogens (tertiary/aromatic N) is 1. The van der Waals surface area contributed by atoms with Gasteiger partial charge in [-0.3, -0.25) is 4.98 Å². The first kappa shape index (κ1) is 11.2. The molecule has 2 rings (SSSR count). The number of hydrogen-bond acceptors (Lipinski definition) is 3. The molecule has 1 heterocycles. The molecule has 1 aromatic heterocycles. The molecule has 1 aromatic rings. The van der Waals surface area contributed by atoms with Gasteiger partial charge in [-0.1, -0.05) is 6.58 Å². The Balaban J connectivity index is 2.45. The first-order valence-corrected chi connectivity index (χ1v) is 5.18. The molecule has 0 bridgehead atoms. The van der Waals surface area contributed by atoms with Crippen LogP contribution in [-0.2, 0) is 4.74 Å². The van der Waals surface area contributed by atoms with E-state index >= 15 is 0 Å². The van der Waals surface area contributed by atoms with E-state index in [4.69, 9.17) is 4.74 Å². The van der Waals surface area contributed by atoms with Gasteiger partial charge in [0.1, 0.15) is 5.82 Å². The van der Waals surface area contributed by atoms with Crippen molar-refractivity contribution in [2.75, 3.05) is 7.11 Å². The van der Waals surface area contributed by atoms with Gasteiger partial charge in [0.25, 0.3) is 0 Å². The summed E-state index contributed by atoms with van der Waals surface area (Å²) >= 11 is 0. The Labute approximate surface area is 93.6 Å². The Kier molecular flexibility index (Phi) is 3.03. The van der Waals surface area contributed by atoms with Crippen molar-refractivity contribution in [2.45, 2.75) is 25.0 Å². The van der Waals surface area contributed by atoms with Crippen molar-refractivity contribution in [1.29, 1.82) is 0 Å². The molecule has 0 amide bonds. The number of halogens is 1. The maximum Gasteiger partial charge on any atom is 0.161 e. The molecular formula is C12H14FNO2. The Morgan fingerprint density at radius 1 is 1.69 bits per heavy atom. The topological polar surface area (TPSA) is 42.4 Å². The zero-order chi connectivity index (χ0) is 11.7. The zero-order valence-corrected chi connectivity index (χ0v) is 9.11. The molecule has 3 nitrogen and oxygen atoms in total. The Morgan fingerprint density at radius 2 is 2.44 bits per heavy atom. The first-order valence-electron chi connectivity index (χ1n) is 5.18. The van der Waals surface area contributed by atoms with Gasteiger partial charge in [-0.25, -0.2) is 4.39 Å². The molecule has 0 fully saturated rings. The van der Waals surface area contributed by atoms with Crippen LogP contribution in [-0.4, -0.2) is 23.5 Å². The van der Waals surface area contributed by atoms with Crippen LogP contribution in [0.4, 0.5) is 4.39 Å². The molecule has 4 heteroatoms.